The monoisotopic (exact) mass is 350 g/mol. The molecule has 1 fully saturated rings. The Morgan fingerprint density at radius 3 is 2.44 bits per heavy atom. The van der Waals surface area contributed by atoms with Crippen LogP contribution in [0.2, 0.25) is 0 Å². The van der Waals surface area contributed by atoms with Crippen LogP contribution in [0, 0.1) is 0 Å². The molecule has 1 saturated heterocycles. The fourth-order valence-corrected chi connectivity index (χ4v) is 2.77. The van der Waals surface area contributed by atoms with Crippen molar-refractivity contribution in [2.24, 2.45) is 0 Å². The van der Waals surface area contributed by atoms with Crippen molar-refractivity contribution in [1.29, 1.82) is 0 Å². The van der Waals surface area contributed by atoms with Crippen LogP contribution in [0.4, 0.5) is 10.6 Å². The summed E-state index contributed by atoms with van der Waals surface area (Å²) >= 11 is 0. The van der Waals surface area contributed by atoms with Gasteiger partial charge in [-0.25, -0.2) is 14.8 Å². The van der Waals surface area contributed by atoms with E-state index in [9.17, 15) is 4.79 Å². The second kappa shape index (κ2) is 8.36. The second-order valence-corrected chi connectivity index (χ2v) is 7.17. The maximum Gasteiger partial charge on any atom is 0.410 e. The molecule has 0 atom stereocenters. The van der Waals surface area contributed by atoms with Gasteiger partial charge in [-0.2, -0.15) is 0 Å². The minimum Gasteiger partial charge on any atom is -0.474 e. The van der Waals surface area contributed by atoms with E-state index in [1.165, 1.54) is 0 Å². The summed E-state index contributed by atoms with van der Waals surface area (Å²) in [5.41, 5.74) is -0.466. The van der Waals surface area contributed by atoms with Gasteiger partial charge < -0.3 is 19.3 Å². The van der Waals surface area contributed by atoms with Crippen LogP contribution in [-0.2, 0) is 4.74 Å². The van der Waals surface area contributed by atoms with Crippen LogP contribution in [0.25, 0.3) is 0 Å². The molecule has 1 aliphatic rings. The van der Waals surface area contributed by atoms with E-state index in [0.29, 0.717) is 19.0 Å². The van der Waals surface area contributed by atoms with Gasteiger partial charge in [-0.05, 0) is 34.6 Å². The molecular weight excluding hydrogens is 320 g/mol. The van der Waals surface area contributed by atoms with Crippen LogP contribution in [-0.4, -0.2) is 58.8 Å². The molecule has 0 radical (unpaired) electrons. The molecular formula is C18H30N4O3. The van der Waals surface area contributed by atoms with E-state index in [0.717, 1.165) is 31.7 Å². The van der Waals surface area contributed by atoms with Crippen molar-refractivity contribution in [1.82, 2.24) is 14.9 Å². The molecule has 0 unspecified atom stereocenters. The molecule has 140 valence electrons. The fraction of sp³-hybridized carbons (Fsp3) is 0.722. The summed E-state index contributed by atoms with van der Waals surface area (Å²) < 4.78 is 11.4. The first-order valence-electron chi connectivity index (χ1n) is 9.04. The molecule has 0 spiro atoms. The van der Waals surface area contributed by atoms with Crippen LogP contribution in [0.3, 0.4) is 0 Å². The van der Waals surface area contributed by atoms with Crippen LogP contribution in [0.5, 0.6) is 5.88 Å². The van der Waals surface area contributed by atoms with Gasteiger partial charge in [-0.1, -0.05) is 0 Å². The quantitative estimate of drug-likeness (QED) is 0.813. The summed E-state index contributed by atoms with van der Waals surface area (Å²) in [7, 11) is 0. The Labute approximate surface area is 150 Å². The minimum atomic E-state index is -0.466. The van der Waals surface area contributed by atoms with E-state index >= 15 is 0 Å². The molecule has 2 rings (SSSR count). The summed E-state index contributed by atoms with van der Waals surface area (Å²) in [6.07, 6.45) is 2.88. The summed E-state index contributed by atoms with van der Waals surface area (Å²) in [4.78, 5) is 24.5. The van der Waals surface area contributed by atoms with E-state index in [2.05, 4.69) is 28.7 Å². The maximum atomic E-state index is 12.1. The van der Waals surface area contributed by atoms with Crippen molar-refractivity contribution < 1.29 is 14.3 Å². The minimum absolute atomic E-state index is 0.0538. The lowest BCUT2D eigenvalue weighted by atomic mass is 10.1. The van der Waals surface area contributed by atoms with Gasteiger partial charge in [0.05, 0.1) is 0 Å². The molecule has 1 aromatic heterocycles. The van der Waals surface area contributed by atoms with E-state index in [1.54, 1.807) is 11.2 Å². The third kappa shape index (κ3) is 5.76. The fourth-order valence-electron chi connectivity index (χ4n) is 2.77. The largest absolute Gasteiger partial charge is 0.474 e. The predicted molar refractivity (Wildman–Crippen MR) is 97.1 cm³/mol. The Morgan fingerprint density at radius 2 is 1.88 bits per heavy atom. The molecule has 0 N–H and O–H groups in total. The first-order chi connectivity index (χ1) is 11.8. The Balaban J connectivity index is 1.88. The van der Waals surface area contributed by atoms with Gasteiger partial charge in [0.1, 0.15) is 23.9 Å². The SMILES string of the molecule is CCN(CC)c1cc(OC2CCN(C(=O)OC(C)(C)C)CC2)ncn1. The molecule has 0 aromatic carbocycles. The molecule has 1 aliphatic heterocycles. The van der Waals surface area contributed by atoms with Crippen molar-refractivity contribution in [3.63, 3.8) is 0 Å². The molecule has 0 saturated carbocycles. The zero-order chi connectivity index (χ0) is 18.4. The first kappa shape index (κ1) is 19.3. The van der Waals surface area contributed by atoms with Crippen LogP contribution < -0.4 is 9.64 Å². The lowest BCUT2D eigenvalue weighted by molar-refractivity contribution is 0.0123. The van der Waals surface area contributed by atoms with Crippen LogP contribution in [0.15, 0.2) is 12.4 Å². The Hall–Kier alpha value is -2.05. The number of carbonyl (C=O) groups is 1. The normalized spacial score (nSPS) is 15.8. The highest BCUT2D eigenvalue weighted by atomic mass is 16.6. The number of amides is 1. The molecule has 1 amide bonds. The summed E-state index contributed by atoms with van der Waals surface area (Å²) in [5, 5.41) is 0. The predicted octanol–water partition coefficient (Wildman–Crippen LogP) is 3.10. The van der Waals surface area contributed by atoms with Gasteiger partial charge in [-0.3, -0.25) is 0 Å². The van der Waals surface area contributed by atoms with Gasteiger partial charge in [0.15, 0.2) is 0 Å². The molecule has 7 heteroatoms. The Morgan fingerprint density at radius 1 is 1.24 bits per heavy atom. The van der Waals surface area contributed by atoms with Crippen molar-refractivity contribution in [2.45, 2.75) is 59.2 Å². The number of ether oxygens (including phenoxy) is 2. The third-order valence-electron chi connectivity index (χ3n) is 4.10. The standard InChI is InChI=1S/C18H30N4O3/c1-6-21(7-2)15-12-16(20-13-19-15)24-14-8-10-22(11-9-14)17(23)25-18(3,4)5/h12-14H,6-11H2,1-5H3. The van der Waals surface area contributed by atoms with Crippen molar-refractivity contribution in [3.8, 4) is 5.88 Å². The number of aromatic nitrogens is 2. The van der Waals surface area contributed by atoms with Gasteiger partial charge in [0.2, 0.25) is 5.88 Å². The second-order valence-electron chi connectivity index (χ2n) is 7.17. The van der Waals surface area contributed by atoms with Gasteiger partial charge >= 0.3 is 6.09 Å². The van der Waals surface area contributed by atoms with Crippen molar-refractivity contribution >= 4 is 11.9 Å². The summed E-state index contributed by atoms with van der Waals surface area (Å²) in [5.74, 6) is 1.47. The highest BCUT2D eigenvalue weighted by Crippen LogP contribution is 2.21. The number of piperidine rings is 1. The number of rotatable bonds is 5. The first-order valence-corrected chi connectivity index (χ1v) is 9.04. The van der Waals surface area contributed by atoms with E-state index in [1.807, 2.05) is 26.8 Å². The number of carbonyl (C=O) groups excluding carboxylic acids is 1. The van der Waals surface area contributed by atoms with Gasteiger partial charge in [0, 0.05) is 45.1 Å². The zero-order valence-corrected chi connectivity index (χ0v) is 16.0. The highest BCUT2D eigenvalue weighted by molar-refractivity contribution is 5.68. The van der Waals surface area contributed by atoms with Gasteiger partial charge in [-0.15, -0.1) is 0 Å². The lowest BCUT2D eigenvalue weighted by Crippen LogP contribution is -2.44. The van der Waals surface area contributed by atoms with E-state index < -0.39 is 5.60 Å². The summed E-state index contributed by atoms with van der Waals surface area (Å²) in [6, 6.07) is 1.88. The third-order valence-corrected chi connectivity index (χ3v) is 4.10. The van der Waals surface area contributed by atoms with Crippen LogP contribution in [0.1, 0.15) is 47.5 Å². The summed E-state index contributed by atoms with van der Waals surface area (Å²) in [6.45, 7) is 12.9. The average Bonchev–Trinajstić information content (AvgIpc) is 2.55. The number of nitrogens with zero attached hydrogens (tertiary/aromatic N) is 4. The molecule has 25 heavy (non-hydrogen) atoms. The maximum absolute atomic E-state index is 12.1. The zero-order valence-electron chi connectivity index (χ0n) is 16.0. The number of hydrogen-bond acceptors (Lipinski definition) is 6. The van der Waals surface area contributed by atoms with E-state index in [-0.39, 0.29) is 12.2 Å². The van der Waals surface area contributed by atoms with Crippen molar-refractivity contribution in [2.75, 3.05) is 31.1 Å². The number of hydrogen-bond donors (Lipinski definition) is 0. The van der Waals surface area contributed by atoms with Crippen LogP contribution >= 0.6 is 0 Å². The van der Waals surface area contributed by atoms with E-state index in [4.69, 9.17) is 9.47 Å². The smallest absolute Gasteiger partial charge is 0.410 e. The Bertz CT molecular complexity index is 562. The number of likely N-dealkylation sites (tertiary alicyclic amines) is 1. The highest BCUT2D eigenvalue weighted by Gasteiger charge is 2.27. The molecule has 2 heterocycles. The topological polar surface area (TPSA) is 67.8 Å². The Kier molecular flexibility index (Phi) is 6.45. The molecule has 0 aliphatic carbocycles. The molecule has 0 bridgehead atoms. The molecule has 1 aromatic rings. The van der Waals surface area contributed by atoms with Crippen molar-refractivity contribution in [3.05, 3.63) is 12.4 Å². The molecule has 7 nitrogen and oxygen atoms in total. The average molecular weight is 350 g/mol. The lowest BCUT2D eigenvalue weighted by Gasteiger charge is -2.33. The number of anilines is 1. The van der Waals surface area contributed by atoms with Gasteiger partial charge in [0.25, 0.3) is 0 Å².